The first-order chi connectivity index (χ1) is 11.6. The molecular formula is C19H19ClN2O2S. The van der Waals surface area contributed by atoms with Crippen LogP contribution < -0.4 is 0 Å². The third kappa shape index (κ3) is 4.87. The molecule has 2 aromatic carbocycles. The number of hydrogen-bond donors (Lipinski definition) is 1. The van der Waals surface area contributed by atoms with E-state index in [1.807, 2.05) is 30.7 Å². The smallest absolute Gasteiger partial charge is 0.335 e. The summed E-state index contributed by atoms with van der Waals surface area (Å²) in [5.41, 5.74) is 2.83. The van der Waals surface area contributed by atoms with Crippen molar-refractivity contribution in [3.63, 3.8) is 0 Å². The van der Waals surface area contributed by atoms with Crippen molar-refractivity contribution in [1.82, 2.24) is 9.55 Å². The maximum absolute atomic E-state index is 11.0. The van der Waals surface area contributed by atoms with Gasteiger partial charge in [0.2, 0.25) is 0 Å². The van der Waals surface area contributed by atoms with Gasteiger partial charge in [-0.3, -0.25) is 0 Å². The van der Waals surface area contributed by atoms with Gasteiger partial charge >= 0.3 is 5.97 Å². The van der Waals surface area contributed by atoms with Crippen LogP contribution in [0.4, 0.5) is 0 Å². The first kappa shape index (κ1) is 19.1. The van der Waals surface area contributed by atoms with E-state index in [9.17, 15) is 4.79 Å². The Hall–Kier alpha value is -2.24. The number of rotatable bonds is 6. The molecule has 0 aliphatic rings. The van der Waals surface area contributed by atoms with Crippen LogP contribution in [0.2, 0.25) is 0 Å². The van der Waals surface area contributed by atoms with E-state index >= 15 is 0 Å². The number of carboxylic acid groups (broad SMARTS) is 1. The van der Waals surface area contributed by atoms with Crippen LogP contribution in [0.15, 0.2) is 72.1 Å². The van der Waals surface area contributed by atoms with Crippen molar-refractivity contribution in [3.05, 3.63) is 83.9 Å². The van der Waals surface area contributed by atoms with Crippen molar-refractivity contribution < 1.29 is 9.90 Å². The highest BCUT2D eigenvalue weighted by Crippen LogP contribution is 2.38. The Kier molecular flexibility index (Phi) is 6.67. The van der Waals surface area contributed by atoms with E-state index in [0.717, 1.165) is 11.4 Å². The maximum Gasteiger partial charge on any atom is 0.335 e. The summed E-state index contributed by atoms with van der Waals surface area (Å²) < 4.78 is 2.07. The number of imidazole rings is 1. The second-order valence-electron chi connectivity index (χ2n) is 5.55. The molecule has 1 heterocycles. The minimum Gasteiger partial charge on any atom is -0.478 e. The lowest BCUT2D eigenvalue weighted by Crippen LogP contribution is -2.06. The fraction of sp³-hybridized carbons (Fsp3) is 0.158. The van der Waals surface area contributed by atoms with Gasteiger partial charge in [-0.1, -0.05) is 24.3 Å². The summed E-state index contributed by atoms with van der Waals surface area (Å²) in [6, 6.07) is 15.4. The Labute approximate surface area is 157 Å². The van der Waals surface area contributed by atoms with Crippen molar-refractivity contribution in [1.29, 1.82) is 0 Å². The molecule has 0 bridgehead atoms. The fourth-order valence-corrected chi connectivity index (χ4v) is 3.83. The molecule has 0 radical (unpaired) electrons. The summed E-state index contributed by atoms with van der Waals surface area (Å²) in [7, 11) is 0. The molecule has 0 aliphatic heterocycles. The van der Waals surface area contributed by atoms with E-state index in [1.54, 1.807) is 30.1 Å². The highest BCUT2D eigenvalue weighted by Gasteiger charge is 2.16. The first-order valence-corrected chi connectivity index (χ1v) is 8.53. The summed E-state index contributed by atoms with van der Waals surface area (Å²) in [5.74, 6) is -0.902. The monoisotopic (exact) mass is 374 g/mol. The van der Waals surface area contributed by atoms with E-state index < -0.39 is 5.97 Å². The molecular weight excluding hydrogens is 356 g/mol. The van der Waals surface area contributed by atoms with Gasteiger partial charge < -0.3 is 9.67 Å². The van der Waals surface area contributed by atoms with Gasteiger partial charge in [0.15, 0.2) is 0 Å². The second kappa shape index (κ2) is 8.74. The Morgan fingerprint density at radius 2 is 1.92 bits per heavy atom. The van der Waals surface area contributed by atoms with E-state index in [2.05, 4.69) is 34.7 Å². The van der Waals surface area contributed by atoms with Crippen LogP contribution in [-0.2, 0) is 6.54 Å². The average molecular weight is 375 g/mol. The molecule has 0 amide bonds. The quantitative estimate of drug-likeness (QED) is 0.627. The number of nitrogens with zero attached hydrogens (tertiary/aromatic N) is 2. The number of aromatic carboxylic acids is 1. The van der Waals surface area contributed by atoms with E-state index in [-0.39, 0.29) is 17.7 Å². The zero-order valence-corrected chi connectivity index (χ0v) is 15.3. The van der Waals surface area contributed by atoms with Crippen LogP contribution in [0.3, 0.4) is 0 Å². The van der Waals surface area contributed by atoms with Gasteiger partial charge in [0.1, 0.15) is 0 Å². The minimum absolute atomic E-state index is 0. The topological polar surface area (TPSA) is 55.1 Å². The summed E-state index contributed by atoms with van der Waals surface area (Å²) in [6.45, 7) is 2.92. The average Bonchev–Trinajstić information content (AvgIpc) is 3.08. The Morgan fingerprint density at radius 3 is 2.52 bits per heavy atom. The predicted molar refractivity (Wildman–Crippen MR) is 103 cm³/mol. The lowest BCUT2D eigenvalue weighted by atomic mass is 10.1. The van der Waals surface area contributed by atoms with Gasteiger partial charge in [0.05, 0.1) is 17.1 Å². The zero-order chi connectivity index (χ0) is 16.9. The lowest BCUT2D eigenvalue weighted by molar-refractivity contribution is 0.0697. The van der Waals surface area contributed by atoms with E-state index in [4.69, 9.17) is 5.11 Å². The van der Waals surface area contributed by atoms with Crippen molar-refractivity contribution in [2.24, 2.45) is 0 Å². The summed E-state index contributed by atoms with van der Waals surface area (Å²) in [6.07, 6.45) is 5.56. The van der Waals surface area contributed by atoms with Crippen molar-refractivity contribution in [2.45, 2.75) is 23.6 Å². The van der Waals surface area contributed by atoms with Crippen LogP contribution in [0.5, 0.6) is 0 Å². The van der Waals surface area contributed by atoms with Crippen LogP contribution in [0.1, 0.15) is 26.7 Å². The number of carbonyl (C=O) groups is 1. The van der Waals surface area contributed by atoms with E-state index in [0.29, 0.717) is 5.56 Å². The molecule has 1 aromatic heterocycles. The second-order valence-corrected chi connectivity index (χ2v) is 6.83. The number of hydrogen-bond acceptors (Lipinski definition) is 3. The van der Waals surface area contributed by atoms with Gasteiger partial charge in [-0.2, -0.15) is 0 Å². The Morgan fingerprint density at radius 1 is 1.20 bits per heavy atom. The molecule has 1 atom stereocenters. The molecule has 130 valence electrons. The summed E-state index contributed by atoms with van der Waals surface area (Å²) in [5, 5.41) is 9.24. The minimum atomic E-state index is -0.902. The lowest BCUT2D eigenvalue weighted by Gasteiger charge is -2.20. The molecule has 1 unspecified atom stereocenters. The van der Waals surface area contributed by atoms with Gasteiger partial charge in [-0.05, 0) is 42.3 Å². The molecule has 25 heavy (non-hydrogen) atoms. The van der Waals surface area contributed by atoms with Crippen molar-refractivity contribution >= 4 is 30.1 Å². The highest BCUT2D eigenvalue weighted by atomic mass is 35.5. The molecule has 1 N–H and O–H groups in total. The number of benzene rings is 2. The maximum atomic E-state index is 11.0. The third-order valence-corrected chi connectivity index (χ3v) is 5.08. The van der Waals surface area contributed by atoms with Crippen LogP contribution in [-0.4, -0.2) is 20.6 Å². The standard InChI is InChI=1S/C19H18N2O2S.ClH/c1-14-4-2-3-5-17(14)18(12-21-11-10-20-13-21)24-16-8-6-15(7-9-16)19(22)23;/h2-11,13,18H,12H2,1H3,(H,22,23);1H. The van der Waals surface area contributed by atoms with Crippen LogP contribution in [0, 0.1) is 6.92 Å². The largest absolute Gasteiger partial charge is 0.478 e. The molecule has 0 spiro atoms. The summed E-state index contributed by atoms with van der Waals surface area (Å²) >= 11 is 1.73. The molecule has 0 fully saturated rings. The molecule has 4 nitrogen and oxygen atoms in total. The molecule has 3 rings (SSSR count). The molecule has 3 aromatic rings. The molecule has 0 saturated heterocycles. The number of aryl methyl sites for hydroxylation is 1. The Balaban J connectivity index is 0.00000225. The van der Waals surface area contributed by atoms with Crippen LogP contribution >= 0.6 is 24.2 Å². The summed E-state index contributed by atoms with van der Waals surface area (Å²) in [4.78, 5) is 16.2. The number of carboxylic acids is 1. The predicted octanol–water partition coefficient (Wildman–Crippen LogP) is 4.85. The van der Waals surface area contributed by atoms with Gasteiger partial charge in [0.25, 0.3) is 0 Å². The third-order valence-electron chi connectivity index (χ3n) is 3.85. The van der Waals surface area contributed by atoms with Gasteiger partial charge in [-0.25, -0.2) is 9.78 Å². The highest BCUT2D eigenvalue weighted by molar-refractivity contribution is 7.99. The normalized spacial score (nSPS) is 11.6. The van der Waals surface area contributed by atoms with Gasteiger partial charge in [0, 0.05) is 23.8 Å². The molecule has 0 saturated carbocycles. The van der Waals surface area contributed by atoms with Crippen molar-refractivity contribution in [3.8, 4) is 0 Å². The van der Waals surface area contributed by atoms with Crippen molar-refractivity contribution in [2.75, 3.05) is 0 Å². The number of aromatic nitrogens is 2. The fourth-order valence-electron chi connectivity index (χ4n) is 2.57. The zero-order valence-electron chi connectivity index (χ0n) is 13.7. The number of thioether (sulfide) groups is 1. The van der Waals surface area contributed by atoms with E-state index in [1.165, 1.54) is 11.1 Å². The number of halogens is 1. The molecule has 6 heteroatoms. The van der Waals surface area contributed by atoms with Gasteiger partial charge in [-0.15, -0.1) is 24.2 Å². The SMILES string of the molecule is Cc1ccccc1C(Cn1ccnc1)Sc1ccc(C(=O)O)cc1.Cl. The molecule has 0 aliphatic carbocycles. The van der Waals surface area contributed by atoms with Crippen LogP contribution in [0.25, 0.3) is 0 Å². The first-order valence-electron chi connectivity index (χ1n) is 7.65. The Bertz CT molecular complexity index is 820.